The van der Waals surface area contributed by atoms with Gasteiger partial charge in [0.1, 0.15) is 23.0 Å². The van der Waals surface area contributed by atoms with Gasteiger partial charge in [0.2, 0.25) is 29.6 Å². The number of aromatic nitrogens is 4. The first kappa shape index (κ1) is 37.3. The summed E-state index contributed by atoms with van der Waals surface area (Å²) in [5.74, 6) is -2.32. The van der Waals surface area contributed by atoms with Crippen molar-refractivity contribution in [2.75, 3.05) is 37.8 Å². The molecule has 51 heavy (non-hydrogen) atoms. The molecular formula is C33H43N9O8S. The number of likely N-dealkylation sites (tertiary alicyclic amines) is 1. The summed E-state index contributed by atoms with van der Waals surface area (Å²) in [7, 11) is 1.61. The van der Waals surface area contributed by atoms with E-state index < -0.39 is 35.0 Å². The number of aryl methyl sites for hydroxylation is 2. The number of ether oxygens (including phenoxy) is 1. The number of primary amides is 1. The summed E-state index contributed by atoms with van der Waals surface area (Å²) in [5, 5.41) is 15.5. The lowest BCUT2D eigenvalue weighted by molar-refractivity contribution is -0.140. The van der Waals surface area contributed by atoms with E-state index in [0.717, 1.165) is 29.5 Å². The Morgan fingerprint density at radius 3 is 2.61 bits per heavy atom. The molecule has 1 aliphatic carbocycles. The van der Waals surface area contributed by atoms with Crippen molar-refractivity contribution in [1.29, 1.82) is 0 Å². The van der Waals surface area contributed by atoms with E-state index in [1.54, 1.807) is 29.9 Å². The van der Waals surface area contributed by atoms with E-state index in [1.165, 1.54) is 4.90 Å². The number of nitrogens with zero attached hydrogens (tertiary/aromatic N) is 6. The molecule has 5 amide bonds. The van der Waals surface area contributed by atoms with Crippen molar-refractivity contribution in [2.45, 2.75) is 70.3 Å². The molecule has 274 valence electrons. The lowest BCUT2D eigenvalue weighted by Gasteiger charge is -2.20. The van der Waals surface area contributed by atoms with Crippen molar-refractivity contribution in [3.8, 4) is 5.75 Å². The number of carboxylic acids is 1. The van der Waals surface area contributed by atoms with Gasteiger partial charge in [-0.15, -0.1) is 11.8 Å². The largest absolute Gasteiger partial charge is 0.491 e. The maximum absolute atomic E-state index is 13.3. The Balaban J connectivity index is 1.21. The monoisotopic (exact) mass is 725 g/mol. The SMILES string of the molecule is CCn1nc(C)cc1C(=O)Nc1nc2cc(C(N)=O)cc(OCCCN(C)C(=O)CCN3C(=O)CC(SCC(N)C(=O)O)C3=O)c2n1CC1CC1. The van der Waals surface area contributed by atoms with Crippen LogP contribution in [-0.4, -0.2) is 114 Å². The van der Waals surface area contributed by atoms with Gasteiger partial charge in [-0.05, 0) is 57.2 Å². The Bertz CT molecular complexity index is 1850. The number of carbonyl (C=O) groups excluding carboxylic acids is 5. The lowest BCUT2D eigenvalue weighted by Crippen LogP contribution is -2.37. The van der Waals surface area contributed by atoms with E-state index in [0.29, 0.717) is 66.1 Å². The molecule has 2 aromatic heterocycles. The Morgan fingerprint density at radius 1 is 1.20 bits per heavy atom. The molecule has 3 aromatic rings. The number of carboxylic acid groups (broad SMARTS) is 1. The number of aliphatic carboxylic acids is 1. The van der Waals surface area contributed by atoms with Crippen LogP contribution in [0.25, 0.3) is 11.0 Å². The van der Waals surface area contributed by atoms with Gasteiger partial charge in [-0.2, -0.15) is 5.10 Å². The highest BCUT2D eigenvalue weighted by Crippen LogP contribution is 2.37. The van der Waals surface area contributed by atoms with E-state index in [9.17, 15) is 28.8 Å². The van der Waals surface area contributed by atoms with Gasteiger partial charge in [0.15, 0.2) is 0 Å². The van der Waals surface area contributed by atoms with Gasteiger partial charge in [0.25, 0.3) is 5.91 Å². The molecular weight excluding hydrogens is 682 g/mol. The number of benzene rings is 1. The van der Waals surface area contributed by atoms with Crippen molar-refractivity contribution in [3.63, 3.8) is 0 Å². The number of hydrogen-bond acceptors (Lipinski definition) is 11. The first-order chi connectivity index (χ1) is 24.3. The Labute approximate surface area is 298 Å². The fourth-order valence-corrected chi connectivity index (χ4v) is 6.88. The van der Waals surface area contributed by atoms with Gasteiger partial charge < -0.3 is 30.8 Å². The van der Waals surface area contributed by atoms with Crippen LogP contribution in [0.15, 0.2) is 18.2 Å². The quantitative estimate of drug-likeness (QED) is 0.107. The number of imide groups is 1. The lowest BCUT2D eigenvalue weighted by atomic mass is 10.1. The second kappa shape index (κ2) is 15.9. The van der Waals surface area contributed by atoms with Gasteiger partial charge in [-0.3, -0.25) is 43.7 Å². The fourth-order valence-electron chi connectivity index (χ4n) is 5.76. The van der Waals surface area contributed by atoms with Crippen LogP contribution in [0.4, 0.5) is 5.95 Å². The first-order valence-corrected chi connectivity index (χ1v) is 17.8. The van der Waals surface area contributed by atoms with E-state index in [-0.39, 0.29) is 49.1 Å². The summed E-state index contributed by atoms with van der Waals surface area (Å²) < 4.78 is 9.69. The smallest absolute Gasteiger partial charge is 0.321 e. The van der Waals surface area contributed by atoms with Gasteiger partial charge >= 0.3 is 5.97 Å². The Kier molecular flexibility index (Phi) is 11.6. The third kappa shape index (κ3) is 8.86. The maximum atomic E-state index is 13.3. The zero-order valence-corrected chi connectivity index (χ0v) is 29.6. The van der Waals surface area contributed by atoms with Crippen LogP contribution in [0, 0.1) is 12.8 Å². The summed E-state index contributed by atoms with van der Waals surface area (Å²) in [6.45, 7) is 5.20. The summed E-state index contributed by atoms with van der Waals surface area (Å²) in [4.78, 5) is 81.8. The van der Waals surface area contributed by atoms with Crippen LogP contribution < -0.4 is 21.5 Å². The number of amides is 5. The third-order valence-electron chi connectivity index (χ3n) is 8.76. The molecule has 18 heteroatoms. The summed E-state index contributed by atoms with van der Waals surface area (Å²) in [6.07, 6.45) is 2.34. The minimum absolute atomic E-state index is 0.0125. The summed E-state index contributed by atoms with van der Waals surface area (Å²) in [5.41, 5.74) is 13.5. The highest BCUT2D eigenvalue weighted by atomic mass is 32.2. The van der Waals surface area contributed by atoms with Gasteiger partial charge in [0, 0.05) is 57.4 Å². The maximum Gasteiger partial charge on any atom is 0.321 e. The van der Waals surface area contributed by atoms with Gasteiger partial charge in [-0.1, -0.05) is 0 Å². The molecule has 3 heterocycles. The number of nitrogens with one attached hydrogen (secondary N) is 1. The van der Waals surface area contributed by atoms with Crippen molar-refractivity contribution in [3.05, 3.63) is 35.2 Å². The molecule has 2 aliphatic rings. The number of thioether (sulfide) groups is 1. The number of anilines is 1. The second-order valence-electron chi connectivity index (χ2n) is 12.8. The van der Waals surface area contributed by atoms with Crippen LogP contribution in [-0.2, 0) is 32.3 Å². The van der Waals surface area contributed by atoms with Crippen molar-refractivity contribution >= 4 is 64.2 Å². The Hall–Kier alpha value is -4.97. The highest BCUT2D eigenvalue weighted by Gasteiger charge is 2.39. The van der Waals surface area contributed by atoms with E-state index in [2.05, 4.69) is 15.4 Å². The van der Waals surface area contributed by atoms with Crippen LogP contribution >= 0.6 is 11.8 Å². The zero-order chi connectivity index (χ0) is 37.0. The molecule has 1 saturated carbocycles. The summed E-state index contributed by atoms with van der Waals surface area (Å²) >= 11 is 1.02. The fraction of sp³-hybridized carbons (Fsp3) is 0.515. The van der Waals surface area contributed by atoms with Crippen molar-refractivity contribution in [1.82, 2.24) is 29.1 Å². The second-order valence-corrected chi connectivity index (χ2v) is 14.0. The average molecular weight is 726 g/mol. The molecule has 17 nitrogen and oxygen atoms in total. The number of imidazole rings is 1. The molecule has 2 atom stereocenters. The minimum Gasteiger partial charge on any atom is -0.491 e. The molecule has 1 aromatic carbocycles. The van der Waals surface area contributed by atoms with Crippen LogP contribution in [0.2, 0.25) is 0 Å². The van der Waals surface area contributed by atoms with E-state index >= 15 is 0 Å². The van der Waals surface area contributed by atoms with Crippen LogP contribution in [0.1, 0.15) is 65.6 Å². The molecule has 1 aliphatic heterocycles. The molecule has 5 rings (SSSR count). The van der Waals surface area contributed by atoms with E-state index in [1.807, 2.05) is 18.4 Å². The van der Waals surface area contributed by atoms with Crippen molar-refractivity contribution < 1.29 is 38.6 Å². The zero-order valence-electron chi connectivity index (χ0n) is 28.8. The van der Waals surface area contributed by atoms with E-state index in [4.69, 9.17) is 21.3 Å². The predicted octanol–water partition coefficient (Wildman–Crippen LogP) is 1.21. The minimum atomic E-state index is -1.19. The molecule has 1 saturated heterocycles. The molecule has 2 unspecified atom stereocenters. The number of fused-ring (bicyclic) bond motifs is 1. The average Bonchev–Trinajstić information content (AvgIpc) is 3.64. The normalized spacial score (nSPS) is 16.5. The molecule has 2 fully saturated rings. The molecule has 6 N–H and O–H groups in total. The first-order valence-electron chi connectivity index (χ1n) is 16.8. The number of hydrogen-bond donors (Lipinski definition) is 4. The third-order valence-corrected chi connectivity index (χ3v) is 10.1. The molecule has 0 spiro atoms. The number of carbonyl (C=O) groups is 6. The standard InChI is InChI=1S/C33H43N9O8S/c1-4-42-23(12-18(2)38-42)30(46)37-33-36-22-13-20(29(35)45)14-24(28(22)41(33)16-19-6-7-19)50-11-5-9-39(3)26(43)8-10-40-27(44)15-25(31(40)47)51-17-21(34)32(48)49/h12-14,19,21,25H,4-11,15-17,34H2,1-3H3,(H2,35,45)(H,48,49)(H,36,37,46). The topological polar surface area (TPSA) is 238 Å². The summed E-state index contributed by atoms with van der Waals surface area (Å²) in [6, 6.07) is 3.68. The highest BCUT2D eigenvalue weighted by molar-refractivity contribution is 8.00. The van der Waals surface area contributed by atoms with Crippen LogP contribution in [0.3, 0.4) is 0 Å². The van der Waals surface area contributed by atoms with Crippen molar-refractivity contribution in [2.24, 2.45) is 17.4 Å². The predicted molar refractivity (Wildman–Crippen MR) is 187 cm³/mol. The van der Waals surface area contributed by atoms with Crippen LogP contribution in [0.5, 0.6) is 5.75 Å². The molecule has 0 radical (unpaired) electrons. The number of nitrogens with two attached hydrogens (primary N) is 2. The van der Waals surface area contributed by atoms with Gasteiger partial charge in [0.05, 0.1) is 23.1 Å². The molecule has 0 bridgehead atoms. The van der Waals surface area contributed by atoms with Gasteiger partial charge in [-0.25, -0.2) is 4.98 Å². The number of rotatable bonds is 18. The Morgan fingerprint density at radius 2 is 1.94 bits per heavy atom.